The Kier molecular flexibility index (Phi) is 5.01. The maximum Gasteiger partial charge on any atom is 0.241 e. The van der Waals surface area contributed by atoms with Crippen LogP contribution in [0, 0.1) is 5.82 Å². The van der Waals surface area contributed by atoms with E-state index in [1.165, 1.54) is 25.1 Å². The van der Waals surface area contributed by atoms with Crippen molar-refractivity contribution < 1.29 is 17.6 Å². The normalized spacial score (nSPS) is 11.5. The van der Waals surface area contributed by atoms with Crippen molar-refractivity contribution in [2.45, 2.75) is 18.4 Å². The molecule has 3 aromatic carbocycles. The van der Waals surface area contributed by atoms with Gasteiger partial charge in [0.15, 0.2) is 0 Å². The predicted molar refractivity (Wildman–Crippen MR) is 98.7 cm³/mol. The van der Waals surface area contributed by atoms with Gasteiger partial charge >= 0.3 is 0 Å². The predicted octanol–water partition coefficient (Wildman–Crippen LogP) is 3.42. The first kappa shape index (κ1) is 18.0. The van der Waals surface area contributed by atoms with Gasteiger partial charge in [-0.25, -0.2) is 17.5 Å². The van der Waals surface area contributed by atoms with Crippen molar-refractivity contribution in [2.75, 3.05) is 5.32 Å². The number of sulfonamides is 1. The average molecular weight is 372 g/mol. The number of amides is 1. The molecule has 3 rings (SSSR count). The first-order chi connectivity index (χ1) is 12.4. The number of carbonyl (C=O) groups excluding carboxylic acids is 1. The summed E-state index contributed by atoms with van der Waals surface area (Å²) in [5.74, 6) is -0.718. The van der Waals surface area contributed by atoms with Crippen molar-refractivity contribution in [3.8, 4) is 0 Å². The highest BCUT2D eigenvalue weighted by molar-refractivity contribution is 7.89. The van der Waals surface area contributed by atoms with E-state index < -0.39 is 15.8 Å². The van der Waals surface area contributed by atoms with Gasteiger partial charge in [-0.05, 0) is 18.2 Å². The van der Waals surface area contributed by atoms with E-state index >= 15 is 0 Å². The van der Waals surface area contributed by atoms with Crippen LogP contribution in [0.15, 0.2) is 65.6 Å². The Hall–Kier alpha value is -2.77. The largest absolute Gasteiger partial charge is 0.326 e. The topological polar surface area (TPSA) is 75.3 Å². The van der Waals surface area contributed by atoms with Crippen molar-refractivity contribution in [3.63, 3.8) is 0 Å². The van der Waals surface area contributed by atoms with Gasteiger partial charge in [0.05, 0.1) is 4.90 Å². The van der Waals surface area contributed by atoms with Crippen molar-refractivity contribution in [1.82, 2.24) is 4.72 Å². The Morgan fingerprint density at radius 3 is 2.38 bits per heavy atom. The van der Waals surface area contributed by atoms with Crippen LogP contribution in [0.5, 0.6) is 0 Å². The van der Waals surface area contributed by atoms with E-state index in [1.54, 1.807) is 42.5 Å². The molecule has 3 aromatic rings. The molecule has 1 amide bonds. The van der Waals surface area contributed by atoms with Gasteiger partial charge in [-0.15, -0.1) is 0 Å². The minimum absolute atomic E-state index is 0.0681. The fourth-order valence-electron chi connectivity index (χ4n) is 2.71. The van der Waals surface area contributed by atoms with Crippen LogP contribution >= 0.6 is 0 Å². The summed E-state index contributed by atoms with van der Waals surface area (Å²) in [7, 11) is -3.88. The highest BCUT2D eigenvalue weighted by Gasteiger charge is 2.18. The summed E-state index contributed by atoms with van der Waals surface area (Å²) in [6.07, 6.45) is 0. The summed E-state index contributed by atoms with van der Waals surface area (Å²) < 4.78 is 41.6. The molecule has 0 bridgehead atoms. The van der Waals surface area contributed by atoms with Crippen LogP contribution in [0.1, 0.15) is 12.5 Å². The molecule has 0 saturated heterocycles. The van der Waals surface area contributed by atoms with Gasteiger partial charge < -0.3 is 5.32 Å². The second-order valence-electron chi connectivity index (χ2n) is 5.75. The molecule has 2 N–H and O–H groups in total. The standard InChI is InChI=1S/C19H17FN2O3S/c1-13(23)22-18-10-4-8-16-15(18)7-5-11-19(16)26(24,25)21-12-14-6-2-3-9-17(14)20/h2-11,21H,12H2,1H3,(H,22,23). The van der Waals surface area contributed by atoms with Crippen LogP contribution in [0.25, 0.3) is 10.8 Å². The molecule has 0 saturated carbocycles. The van der Waals surface area contributed by atoms with Crippen molar-refractivity contribution in [3.05, 3.63) is 72.0 Å². The lowest BCUT2D eigenvalue weighted by atomic mass is 10.1. The van der Waals surface area contributed by atoms with E-state index in [-0.39, 0.29) is 22.9 Å². The lowest BCUT2D eigenvalue weighted by Gasteiger charge is -2.12. The number of rotatable bonds is 5. The van der Waals surface area contributed by atoms with Crippen LogP contribution in [-0.2, 0) is 21.4 Å². The Morgan fingerprint density at radius 1 is 0.962 bits per heavy atom. The highest BCUT2D eigenvalue weighted by Crippen LogP contribution is 2.29. The molecule has 0 heterocycles. The van der Waals surface area contributed by atoms with Gasteiger partial charge in [0, 0.05) is 35.5 Å². The molecule has 0 fully saturated rings. The van der Waals surface area contributed by atoms with Crippen molar-refractivity contribution in [2.24, 2.45) is 0 Å². The van der Waals surface area contributed by atoms with Crippen LogP contribution in [0.4, 0.5) is 10.1 Å². The monoisotopic (exact) mass is 372 g/mol. The Morgan fingerprint density at radius 2 is 1.65 bits per heavy atom. The molecular formula is C19H17FN2O3S. The molecule has 0 spiro atoms. The Bertz CT molecular complexity index is 1080. The molecule has 0 atom stereocenters. The number of halogens is 1. The second kappa shape index (κ2) is 7.23. The number of hydrogen-bond donors (Lipinski definition) is 2. The van der Waals surface area contributed by atoms with Crippen LogP contribution in [-0.4, -0.2) is 14.3 Å². The molecule has 26 heavy (non-hydrogen) atoms. The smallest absolute Gasteiger partial charge is 0.241 e. The highest BCUT2D eigenvalue weighted by atomic mass is 32.2. The lowest BCUT2D eigenvalue weighted by Crippen LogP contribution is -2.24. The summed E-state index contributed by atoms with van der Waals surface area (Å²) in [6.45, 7) is 1.23. The van der Waals surface area contributed by atoms with E-state index in [2.05, 4.69) is 10.0 Å². The first-order valence-corrected chi connectivity index (χ1v) is 9.39. The van der Waals surface area contributed by atoms with E-state index in [4.69, 9.17) is 0 Å². The van der Waals surface area contributed by atoms with Crippen LogP contribution < -0.4 is 10.0 Å². The zero-order valence-corrected chi connectivity index (χ0v) is 14.8. The molecule has 0 aliphatic carbocycles. The molecule has 5 nitrogen and oxygen atoms in total. The van der Waals surface area contributed by atoms with Gasteiger partial charge in [-0.3, -0.25) is 4.79 Å². The summed E-state index contributed by atoms with van der Waals surface area (Å²) in [6, 6.07) is 15.8. The van der Waals surface area contributed by atoms with Crippen molar-refractivity contribution >= 4 is 32.4 Å². The maximum atomic E-state index is 13.7. The fraction of sp³-hybridized carbons (Fsp3) is 0.105. The lowest BCUT2D eigenvalue weighted by molar-refractivity contribution is -0.114. The third-order valence-corrected chi connectivity index (χ3v) is 5.35. The number of benzene rings is 3. The third-order valence-electron chi connectivity index (χ3n) is 3.89. The van der Waals surface area contributed by atoms with Gasteiger partial charge in [0.2, 0.25) is 15.9 Å². The van der Waals surface area contributed by atoms with E-state index in [9.17, 15) is 17.6 Å². The minimum atomic E-state index is -3.88. The maximum absolute atomic E-state index is 13.7. The van der Waals surface area contributed by atoms with Gasteiger partial charge in [-0.1, -0.05) is 42.5 Å². The van der Waals surface area contributed by atoms with E-state index in [0.29, 0.717) is 16.5 Å². The SMILES string of the molecule is CC(=O)Nc1cccc2c(S(=O)(=O)NCc3ccccc3F)cccc12. The number of anilines is 1. The van der Waals surface area contributed by atoms with Gasteiger partial charge in [-0.2, -0.15) is 0 Å². The molecule has 0 aliphatic rings. The van der Waals surface area contributed by atoms with Gasteiger partial charge in [0.1, 0.15) is 5.82 Å². The summed E-state index contributed by atoms with van der Waals surface area (Å²) >= 11 is 0. The number of nitrogens with one attached hydrogen (secondary N) is 2. The van der Waals surface area contributed by atoms with E-state index in [1.807, 2.05) is 0 Å². The molecule has 0 aliphatic heterocycles. The molecule has 0 radical (unpaired) electrons. The fourth-order valence-corrected chi connectivity index (χ4v) is 3.93. The molecule has 134 valence electrons. The number of hydrogen-bond acceptors (Lipinski definition) is 3. The quantitative estimate of drug-likeness (QED) is 0.721. The Balaban J connectivity index is 1.98. The second-order valence-corrected chi connectivity index (χ2v) is 7.49. The number of fused-ring (bicyclic) bond motifs is 1. The molecule has 0 aromatic heterocycles. The first-order valence-electron chi connectivity index (χ1n) is 7.91. The summed E-state index contributed by atoms with van der Waals surface area (Å²) in [5, 5.41) is 3.77. The van der Waals surface area contributed by atoms with Gasteiger partial charge in [0.25, 0.3) is 0 Å². The average Bonchev–Trinajstić information content (AvgIpc) is 2.60. The summed E-state index contributed by atoms with van der Waals surface area (Å²) in [4.78, 5) is 11.4. The zero-order valence-electron chi connectivity index (χ0n) is 14.0. The number of carbonyl (C=O) groups is 1. The van der Waals surface area contributed by atoms with E-state index in [0.717, 1.165) is 0 Å². The van der Waals surface area contributed by atoms with Crippen molar-refractivity contribution in [1.29, 1.82) is 0 Å². The molecule has 0 unspecified atom stereocenters. The summed E-state index contributed by atoms with van der Waals surface area (Å²) in [5.41, 5.74) is 0.788. The Labute approximate surface area is 150 Å². The minimum Gasteiger partial charge on any atom is -0.326 e. The zero-order chi connectivity index (χ0) is 18.7. The third kappa shape index (κ3) is 3.74. The van der Waals surface area contributed by atoms with Crippen LogP contribution in [0.2, 0.25) is 0 Å². The molecule has 7 heteroatoms. The van der Waals surface area contributed by atoms with Crippen LogP contribution in [0.3, 0.4) is 0 Å². The molecular weight excluding hydrogens is 355 g/mol.